The van der Waals surface area contributed by atoms with Crippen LogP contribution in [0.2, 0.25) is 0 Å². The molecule has 0 aliphatic rings. The van der Waals surface area contributed by atoms with Gasteiger partial charge in [-0.2, -0.15) is 0 Å². The Morgan fingerprint density at radius 3 is 2.67 bits per heavy atom. The lowest BCUT2D eigenvalue weighted by Crippen LogP contribution is -2.31. The van der Waals surface area contributed by atoms with Crippen LogP contribution in [0.25, 0.3) is 10.9 Å². The minimum Gasteiger partial charge on any atom is -0.361 e. The maximum Gasteiger partial charge on any atom is 0.217 e. The Morgan fingerprint density at radius 2 is 2.00 bits per heavy atom. The molecule has 1 atom stereocenters. The van der Waals surface area contributed by atoms with E-state index >= 15 is 0 Å². The molecular formula is C15H22N2O. The van der Waals surface area contributed by atoms with Gasteiger partial charge in [-0.1, -0.05) is 32.0 Å². The molecule has 1 heterocycles. The van der Waals surface area contributed by atoms with E-state index in [1.807, 2.05) is 39.1 Å². The van der Waals surface area contributed by atoms with Crippen LogP contribution in [-0.2, 0) is 11.2 Å². The number of amides is 1. The van der Waals surface area contributed by atoms with Crippen molar-refractivity contribution in [2.24, 2.45) is 0 Å². The highest BCUT2D eigenvalue weighted by molar-refractivity contribution is 5.83. The number of benzene rings is 1. The molecule has 18 heavy (non-hydrogen) atoms. The van der Waals surface area contributed by atoms with Crippen LogP contribution in [0.3, 0.4) is 0 Å². The van der Waals surface area contributed by atoms with Crippen LogP contribution in [-0.4, -0.2) is 16.9 Å². The normalized spacial score (nSPS) is 11.6. The predicted molar refractivity (Wildman–Crippen MR) is 76.6 cm³/mol. The summed E-state index contributed by atoms with van der Waals surface area (Å²) >= 11 is 0. The molecule has 3 heteroatoms. The van der Waals surface area contributed by atoms with Crippen LogP contribution in [0.15, 0.2) is 30.5 Å². The number of fused-ring (bicyclic) bond motifs is 1. The third-order valence-electron chi connectivity index (χ3n) is 2.65. The molecule has 3 nitrogen and oxygen atoms in total. The van der Waals surface area contributed by atoms with E-state index in [1.165, 1.54) is 10.9 Å². The third-order valence-corrected chi connectivity index (χ3v) is 2.65. The fourth-order valence-corrected chi connectivity index (χ4v) is 2.03. The van der Waals surface area contributed by atoms with E-state index < -0.39 is 0 Å². The first-order valence-electron chi connectivity index (χ1n) is 6.49. The summed E-state index contributed by atoms with van der Waals surface area (Å²) in [5.74, 6) is 0.0207. The summed E-state index contributed by atoms with van der Waals surface area (Å²) in [6.07, 6.45) is 2.87. The molecule has 0 fully saturated rings. The summed E-state index contributed by atoms with van der Waals surface area (Å²) in [6.45, 7) is 7.56. The van der Waals surface area contributed by atoms with Crippen molar-refractivity contribution in [2.45, 2.75) is 40.2 Å². The number of para-hydroxylation sites is 1. The molecule has 1 amide bonds. The first-order valence-corrected chi connectivity index (χ1v) is 6.49. The smallest absolute Gasteiger partial charge is 0.217 e. The van der Waals surface area contributed by atoms with Gasteiger partial charge in [-0.3, -0.25) is 4.79 Å². The zero-order chi connectivity index (χ0) is 13.5. The lowest BCUT2D eigenvalue weighted by molar-refractivity contribution is -0.119. The minimum atomic E-state index is 0.0207. The van der Waals surface area contributed by atoms with Crippen LogP contribution in [0.5, 0.6) is 0 Å². The molecule has 1 unspecified atom stereocenters. The number of carbonyl (C=O) groups excluding carboxylic acids is 1. The van der Waals surface area contributed by atoms with Gasteiger partial charge in [-0.15, -0.1) is 0 Å². The Kier molecular flexibility index (Phi) is 5.43. The number of carbonyl (C=O) groups is 1. The second-order valence-electron chi connectivity index (χ2n) is 4.17. The van der Waals surface area contributed by atoms with Gasteiger partial charge in [-0.05, 0) is 25.0 Å². The zero-order valence-electron chi connectivity index (χ0n) is 11.6. The van der Waals surface area contributed by atoms with Crippen LogP contribution >= 0.6 is 0 Å². The van der Waals surface area contributed by atoms with E-state index in [9.17, 15) is 4.79 Å². The van der Waals surface area contributed by atoms with Crippen LogP contribution in [0.1, 0.15) is 33.3 Å². The molecule has 0 saturated heterocycles. The molecule has 0 spiro atoms. The summed E-state index contributed by atoms with van der Waals surface area (Å²) in [4.78, 5) is 14.2. The van der Waals surface area contributed by atoms with E-state index in [0.29, 0.717) is 0 Å². The van der Waals surface area contributed by atoms with Gasteiger partial charge in [0.2, 0.25) is 5.91 Å². The van der Waals surface area contributed by atoms with E-state index in [4.69, 9.17) is 0 Å². The fourth-order valence-electron chi connectivity index (χ4n) is 2.03. The Hall–Kier alpha value is -1.77. The Bertz CT molecular complexity index is 502. The summed E-state index contributed by atoms with van der Waals surface area (Å²) < 4.78 is 0. The Balaban J connectivity index is 0.000000771. The molecule has 0 aliphatic carbocycles. The van der Waals surface area contributed by atoms with Crippen molar-refractivity contribution in [3.8, 4) is 0 Å². The van der Waals surface area contributed by atoms with Crippen molar-refractivity contribution in [3.63, 3.8) is 0 Å². The standard InChI is InChI=1S/C13H16N2O.C2H6/c1-9(15-10(2)16)7-11-8-14-13-6-4-3-5-12(11)13;1-2/h3-6,8-9,14H,7H2,1-2H3,(H,15,16);1-2H3. The predicted octanol–water partition coefficient (Wildman–Crippen LogP) is 3.26. The van der Waals surface area contributed by atoms with Crippen molar-refractivity contribution in [2.75, 3.05) is 0 Å². The van der Waals surface area contributed by atoms with E-state index in [0.717, 1.165) is 11.9 Å². The molecule has 0 bridgehead atoms. The molecule has 1 aromatic carbocycles. The number of nitrogens with one attached hydrogen (secondary N) is 2. The highest BCUT2D eigenvalue weighted by Gasteiger charge is 2.08. The number of rotatable bonds is 3. The third kappa shape index (κ3) is 3.62. The average Bonchev–Trinajstić information content (AvgIpc) is 2.74. The van der Waals surface area contributed by atoms with E-state index in [-0.39, 0.29) is 11.9 Å². The van der Waals surface area contributed by atoms with E-state index in [2.05, 4.69) is 22.4 Å². The van der Waals surface area contributed by atoms with Gasteiger partial charge >= 0.3 is 0 Å². The second kappa shape index (κ2) is 6.84. The summed E-state index contributed by atoms with van der Waals surface area (Å²) in [7, 11) is 0. The average molecular weight is 246 g/mol. The first kappa shape index (κ1) is 14.3. The van der Waals surface area contributed by atoms with Crippen LogP contribution in [0.4, 0.5) is 0 Å². The van der Waals surface area contributed by atoms with Gasteiger partial charge in [0, 0.05) is 30.1 Å². The topological polar surface area (TPSA) is 44.9 Å². The largest absolute Gasteiger partial charge is 0.361 e. The van der Waals surface area contributed by atoms with Crippen molar-refractivity contribution in [3.05, 3.63) is 36.0 Å². The lowest BCUT2D eigenvalue weighted by atomic mass is 10.1. The molecule has 0 saturated carbocycles. The quantitative estimate of drug-likeness (QED) is 0.857. The molecular weight excluding hydrogens is 224 g/mol. The Morgan fingerprint density at radius 1 is 1.33 bits per heavy atom. The fraction of sp³-hybridized carbons (Fsp3) is 0.400. The number of hydrogen-bond donors (Lipinski definition) is 2. The highest BCUT2D eigenvalue weighted by atomic mass is 16.1. The maximum atomic E-state index is 10.9. The Labute approximate surface area is 109 Å². The van der Waals surface area contributed by atoms with E-state index in [1.54, 1.807) is 6.92 Å². The molecule has 1 aromatic heterocycles. The van der Waals surface area contributed by atoms with Gasteiger partial charge in [0.1, 0.15) is 0 Å². The molecule has 2 N–H and O–H groups in total. The van der Waals surface area contributed by atoms with Gasteiger partial charge in [-0.25, -0.2) is 0 Å². The number of hydrogen-bond acceptors (Lipinski definition) is 1. The van der Waals surface area contributed by atoms with Crippen LogP contribution < -0.4 is 5.32 Å². The maximum absolute atomic E-state index is 10.9. The first-order chi connectivity index (χ1) is 8.66. The zero-order valence-corrected chi connectivity index (χ0v) is 11.6. The molecule has 2 rings (SSSR count). The number of H-pyrrole nitrogens is 1. The number of aromatic amines is 1. The van der Waals surface area contributed by atoms with Crippen LogP contribution in [0, 0.1) is 0 Å². The molecule has 0 radical (unpaired) electrons. The molecule has 2 aromatic rings. The second-order valence-corrected chi connectivity index (χ2v) is 4.17. The summed E-state index contributed by atoms with van der Waals surface area (Å²) in [5, 5.41) is 4.13. The number of aromatic nitrogens is 1. The molecule has 98 valence electrons. The van der Waals surface area contributed by atoms with Crippen molar-refractivity contribution in [1.82, 2.24) is 10.3 Å². The lowest BCUT2D eigenvalue weighted by Gasteiger charge is -2.11. The summed E-state index contributed by atoms with van der Waals surface area (Å²) in [5.41, 5.74) is 2.39. The van der Waals surface area contributed by atoms with Crippen molar-refractivity contribution < 1.29 is 4.79 Å². The van der Waals surface area contributed by atoms with Crippen molar-refractivity contribution in [1.29, 1.82) is 0 Å². The van der Waals surface area contributed by atoms with Crippen molar-refractivity contribution >= 4 is 16.8 Å². The SMILES string of the molecule is CC.CC(=O)NC(C)Cc1c[nH]c2ccccc12. The minimum absolute atomic E-state index is 0.0207. The monoisotopic (exact) mass is 246 g/mol. The van der Waals surface area contributed by atoms with Gasteiger partial charge in [0.05, 0.1) is 0 Å². The summed E-state index contributed by atoms with van der Waals surface area (Å²) in [6, 6.07) is 8.36. The highest BCUT2D eigenvalue weighted by Crippen LogP contribution is 2.18. The van der Waals surface area contributed by atoms with Gasteiger partial charge in [0.25, 0.3) is 0 Å². The molecule has 0 aliphatic heterocycles. The van der Waals surface area contributed by atoms with Gasteiger partial charge < -0.3 is 10.3 Å². The van der Waals surface area contributed by atoms with Gasteiger partial charge in [0.15, 0.2) is 0 Å².